The van der Waals surface area contributed by atoms with E-state index in [1.54, 1.807) is 12.1 Å². The van der Waals surface area contributed by atoms with E-state index in [-0.39, 0.29) is 6.61 Å². The first-order valence-corrected chi connectivity index (χ1v) is 6.15. The highest BCUT2D eigenvalue weighted by molar-refractivity contribution is 5.79. The molecule has 7 heteroatoms. The van der Waals surface area contributed by atoms with Gasteiger partial charge in [0.2, 0.25) is 5.91 Å². The fourth-order valence-corrected chi connectivity index (χ4v) is 2.05. The molecule has 110 valence electrons. The lowest BCUT2D eigenvalue weighted by Crippen LogP contribution is -2.61. The molecule has 1 saturated heterocycles. The summed E-state index contributed by atoms with van der Waals surface area (Å²) in [4.78, 5) is 11.1. The van der Waals surface area contributed by atoms with E-state index in [1.807, 2.05) is 18.2 Å². The molecule has 0 spiro atoms. The first kappa shape index (κ1) is 14.9. The molecule has 5 N–H and O–H groups in total. The summed E-state index contributed by atoms with van der Waals surface area (Å²) in [6.07, 6.45) is -7.15. The van der Waals surface area contributed by atoms with E-state index in [4.69, 9.17) is 15.2 Å². The second-order valence-electron chi connectivity index (χ2n) is 4.59. The summed E-state index contributed by atoms with van der Waals surface area (Å²) in [5.74, 6) is -0.934. The van der Waals surface area contributed by atoms with Gasteiger partial charge in [0.15, 0.2) is 12.4 Å². The molecule has 0 saturated carbocycles. The highest BCUT2D eigenvalue weighted by atomic mass is 16.6. The third kappa shape index (κ3) is 3.14. The van der Waals surface area contributed by atoms with Crippen LogP contribution in [0.3, 0.4) is 0 Å². The topological polar surface area (TPSA) is 122 Å². The lowest BCUT2D eigenvalue weighted by atomic mass is 9.98. The summed E-state index contributed by atoms with van der Waals surface area (Å²) in [6.45, 7) is 0.109. The van der Waals surface area contributed by atoms with Crippen LogP contribution in [-0.2, 0) is 20.9 Å². The highest BCUT2D eigenvalue weighted by Gasteiger charge is 2.46. The third-order valence-electron chi connectivity index (χ3n) is 3.13. The van der Waals surface area contributed by atoms with Crippen molar-refractivity contribution >= 4 is 5.91 Å². The van der Waals surface area contributed by atoms with Crippen molar-refractivity contribution in [3.63, 3.8) is 0 Å². The van der Waals surface area contributed by atoms with Gasteiger partial charge in [0.05, 0.1) is 6.61 Å². The zero-order chi connectivity index (χ0) is 14.7. The molecule has 1 aliphatic rings. The first-order chi connectivity index (χ1) is 9.50. The molecule has 1 fully saturated rings. The van der Waals surface area contributed by atoms with Crippen LogP contribution in [0.2, 0.25) is 0 Å². The standard InChI is InChI=1S/C13H17NO6/c14-12(17)11-8(15)10(9(16)13(18)20-11)19-6-7-4-2-1-3-5-7/h1-5,8-11,13,15-16,18H,6H2,(H2,14,17)/t8-,9?,10+,11?,13+/m0/s1. The van der Waals surface area contributed by atoms with E-state index >= 15 is 0 Å². The number of ether oxygens (including phenoxy) is 2. The number of primary amides is 1. The molecular formula is C13H17NO6. The van der Waals surface area contributed by atoms with E-state index in [9.17, 15) is 20.1 Å². The molecule has 0 radical (unpaired) electrons. The smallest absolute Gasteiger partial charge is 0.249 e. The quantitative estimate of drug-likeness (QED) is 0.533. The number of carbonyl (C=O) groups excluding carboxylic acids is 1. The van der Waals surface area contributed by atoms with Crippen LogP contribution < -0.4 is 5.73 Å². The molecule has 0 bridgehead atoms. The Bertz CT molecular complexity index is 453. The van der Waals surface area contributed by atoms with Crippen molar-refractivity contribution in [1.29, 1.82) is 0 Å². The van der Waals surface area contributed by atoms with Gasteiger partial charge in [-0.15, -0.1) is 0 Å². The van der Waals surface area contributed by atoms with Gasteiger partial charge in [-0.05, 0) is 5.56 Å². The minimum absolute atomic E-state index is 0.109. The Hall–Kier alpha value is -1.51. The second-order valence-corrected chi connectivity index (χ2v) is 4.59. The zero-order valence-corrected chi connectivity index (χ0v) is 10.6. The van der Waals surface area contributed by atoms with Gasteiger partial charge in [-0.1, -0.05) is 30.3 Å². The molecule has 5 atom stereocenters. The van der Waals surface area contributed by atoms with Gasteiger partial charge in [0, 0.05) is 0 Å². The predicted octanol–water partition coefficient (Wildman–Crippen LogP) is -1.50. The number of amides is 1. The number of hydrogen-bond donors (Lipinski definition) is 4. The number of hydrogen-bond acceptors (Lipinski definition) is 6. The SMILES string of the molecule is NC(=O)C1O[C@@H](O)C(O)[C@H](OCc2ccccc2)[C@@H]1O. The van der Waals surface area contributed by atoms with Crippen LogP contribution >= 0.6 is 0 Å². The Morgan fingerprint density at radius 2 is 1.85 bits per heavy atom. The van der Waals surface area contributed by atoms with Crippen LogP contribution in [0.15, 0.2) is 30.3 Å². The van der Waals surface area contributed by atoms with Crippen LogP contribution in [-0.4, -0.2) is 51.9 Å². The van der Waals surface area contributed by atoms with Gasteiger partial charge >= 0.3 is 0 Å². The largest absolute Gasteiger partial charge is 0.387 e. The number of benzene rings is 1. The summed E-state index contributed by atoms with van der Waals surface area (Å²) in [6, 6.07) is 9.09. The Labute approximate surface area is 115 Å². The number of nitrogens with two attached hydrogens (primary N) is 1. The summed E-state index contributed by atoms with van der Waals surface area (Å²) in [7, 11) is 0. The summed E-state index contributed by atoms with van der Waals surface area (Å²) < 4.78 is 10.2. The van der Waals surface area contributed by atoms with Gasteiger partial charge in [0.25, 0.3) is 0 Å². The van der Waals surface area contributed by atoms with Crippen LogP contribution in [0.25, 0.3) is 0 Å². The number of rotatable bonds is 4. The van der Waals surface area contributed by atoms with Crippen molar-refractivity contribution < 1.29 is 29.6 Å². The molecule has 1 aliphatic heterocycles. The van der Waals surface area contributed by atoms with Gasteiger partial charge in [0.1, 0.15) is 18.3 Å². The van der Waals surface area contributed by atoms with Crippen molar-refractivity contribution in [3.05, 3.63) is 35.9 Å². The third-order valence-corrected chi connectivity index (χ3v) is 3.13. The summed E-state index contributed by atoms with van der Waals surface area (Å²) >= 11 is 0. The highest BCUT2D eigenvalue weighted by Crippen LogP contribution is 2.23. The van der Waals surface area contributed by atoms with Crippen LogP contribution in [0.4, 0.5) is 0 Å². The number of aliphatic hydroxyl groups excluding tert-OH is 3. The van der Waals surface area contributed by atoms with Crippen LogP contribution in [0.5, 0.6) is 0 Å². The Morgan fingerprint density at radius 3 is 2.45 bits per heavy atom. The van der Waals surface area contributed by atoms with Gasteiger partial charge < -0.3 is 30.5 Å². The number of aliphatic hydroxyl groups is 3. The van der Waals surface area contributed by atoms with Gasteiger partial charge in [-0.2, -0.15) is 0 Å². The lowest BCUT2D eigenvalue weighted by Gasteiger charge is -2.39. The second kappa shape index (κ2) is 6.29. The molecule has 7 nitrogen and oxygen atoms in total. The fourth-order valence-electron chi connectivity index (χ4n) is 2.05. The van der Waals surface area contributed by atoms with Crippen molar-refractivity contribution in [1.82, 2.24) is 0 Å². The minimum Gasteiger partial charge on any atom is -0.387 e. The summed E-state index contributed by atoms with van der Waals surface area (Å²) in [5.41, 5.74) is 5.89. The lowest BCUT2D eigenvalue weighted by molar-refractivity contribution is -0.285. The molecule has 1 aromatic carbocycles. The zero-order valence-electron chi connectivity index (χ0n) is 10.6. The average Bonchev–Trinajstić information content (AvgIpc) is 2.43. The fraction of sp³-hybridized carbons (Fsp3) is 0.462. The molecule has 1 heterocycles. The molecule has 2 rings (SSSR count). The molecule has 0 aliphatic carbocycles. The predicted molar refractivity (Wildman–Crippen MR) is 67.1 cm³/mol. The van der Waals surface area contributed by atoms with E-state index < -0.39 is 36.6 Å². The maximum absolute atomic E-state index is 11.1. The van der Waals surface area contributed by atoms with Crippen molar-refractivity contribution in [2.45, 2.75) is 37.3 Å². The molecule has 1 amide bonds. The Morgan fingerprint density at radius 1 is 1.20 bits per heavy atom. The first-order valence-electron chi connectivity index (χ1n) is 6.15. The minimum atomic E-state index is -1.64. The number of carbonyl (C=O) groups is 1. The summed E-state index contributed by atoms with van der Waals surface area (Å²) in [5, 5.41) is 29.2. The average molecular weight is 283 g/mol. The van der Waals surface area contributed by atoms with Crippen LogP contribution in [0, 0.1) is 0 Å². The van der Waals surface area contributed by atoms with Crippen molar-refractivity contribution in [3.8, 4) is 0 Å². The van der Waals surface area contributed by atoms with E-state index in [0.717, 1.165) is 5.56 Å². The molecule has 2 unspecified atom stereocenters. The maximum Gasteiger partial charge on any atom is 0.249 e. The van der Waals surface area contributed by atoms with E-state index in [1.165, 1.54) is 0 Å². The Balaban J connectivity index is 2.05. The van der Waals surface area contributed by atoms with Crippen molar-refractivity contribution in [2.75, 3.05) is 0 Å². The normalized spacial score (nSPS) is 33.9. The van der Waals surface area contributed by atoms with Gasteiger partial charge in [-0.3, -0.25) is 4.79 Å². The molecular weight excluding hydrogens is 266 g/mol. The Kier molecular flexibility index (Phi) is 4.69. The van der Waals surface area contributed by atoms with Crippen LogP contribution in [0.1, 0.15) is 5.56 Å². The van der Waals surface area contributed by atoms with Crippen molar-refractivity contribution in [2.24, 2.45) is 5.73 Å². The maximum atomic E-state index is 11.1. The molecule has 20 heavy (non-hydrogen) atoms. The molecule has 1 aromatic rings. The van der Waals surface area contributed by atoms with E-state index in [2.05, 4.69) is 0 Å². The molecule has 0 aromatic heterocycles. The monoisotopic (exact) mass is 283 g/mol. The van der Waals surface area contributed by atoms with Gasteiger partial charge in [-0.25, -0.2) is 0 Å². The van der Waals surface area contributed by atoms with E-state index in [0.29, 0.717) is 0 Å².